The molecule has 0 spiro atoms. The first-order valence-corrected chi connectivity index (χ1v) is 6.48. The van der Waals surface area contributed by atoms with Gasteiger partial charge >= 0.3 is 0 Å². The summed E-state index contributed by atoms with van der Waals surface area (Å²) in [5, 5.41) is 10.9. The largest absolute Gasteiger partial charge is 0.370 e. The van der Waals surface area contributed by atoms with Crippen LogP contribution in [0.2, 0.25) is 0 Å². The van der Waals surface area contributed by atoms with E-state index in [9.17, 15) is 0 Å². The van der Waals surface area contributed by atoms with E-state index >= 15 is 0 Å². The fourth-order valence-electron chi connectivity index (χ4n) is 1.78. The standard InChI is InChI=1S/C13H20N6/c1-4-6-14-12-10(2)13(17-9-16-12)15-8-11-5-7-19(3)18-11/h5,7,9H,4,6,8H2,1-3H3,(H2,14,15,16,17). The highest BCUT2D eigenvalue weighted by molar-refractivity contribution is 5.56. The van der Waals surface area contributed by atoms with Gasteiger partial charge in [-0.25, -0.2) is 9.97 Å². The highest BCUT2D eigenvalue weighted by Crippen LogP contribution is 2.18. The van der Waals surface area contributed by atoms with Gasteiger partial charge in [-0.1, -0.05) is 6.92 Å². The molecule has 0 aromatic carbocycles. The van der Waals surface area contributed by atoms with E-state index in [2.05, 4.69) is 32.6 Å². The average molecular weight is 260 g/mol. The zero-order valence-corrected chi connectivity index (χ0v) is 11.6. The molecule has 0 atom stereocenters. The molecule has 0 bridgehead atoms. The van der Waals surface area contributed by atoms with Gasteiger partial charge in [0.1, 0.15) is 18.0 Å². The lowest BCUT2D eigenvalue weighted by molar-refractivity contribution is 0.746. The quantitative estimate of drug-likeness (QED) is 0.831. The highest BCUT2D eigenvalue weighted by Gasteiger charge is 2.06. The molecule has 0 amide bonds. The van der Waals surface area contributed by atoms with Gasteiger partial charge in [0.25, 0.3) is 0 Å². The third-order valence-corrected chi connectivity index (χ3v) is 2.83. The van der Waals surface area contributed by atoms with E-state index in [1.54, 1.807) is 11.0 Å². The molecule has 0 aliphatic rings. The molecule has 0 aliphatic heterocycles. The van der Waals surface area contributed by atoms with Crippen molar-refractivity contribution in [2.24, 2.45) is 7.05 Å². The summed E-state index contributed by atoms with van der Waals surface area (Å²) < 4.78 is 1.79. The van der Waals surface area contributed by atoms with Crippen LogP contribution in [-0.2, 0) is 13.6 Å². The minimum absolute atomic E-state index is 0.659. The van der Waals surface area contributed by atoms with E-state index in [-0.39, 0.29) is 0 Å². The molecule has 0 unspecified atom stereocenters. The highest BCUT2D eigenvalue weighted by atomic mass is 15.3. The lowest BCUT2D eigenvalue weighted by Crippen LogP contribution is -2.09. The van der Waals surface area contributed by atoms with Gasteiger partial charge in [0.05, 0.1) is 12.2 Å². The molecular formula is C13H20N6. The van der Waals surface area contributed by atoms with Crippen molar-refractivity contribution in [3.8, 4) is 0 Å². The van der Waals surface area contributed by atoms with Gasteiger partial charge in [-0.3, -0.25) is 4.68 Å². The Bertz CT molecular complexity index is 534. The number of hydrogen-bond donors (Lipinski definition) is 2. The predicted molar refractivity (Wildman–Crippen MR) is 76.1 cm³/mol. The zero-order valence-electron chi connectivity index (χ0n) is 11.6. The third kappa shape index (κ3) is 3.43. The maximum atomic E-state index is 4.32. The van der Waals surface area contributed by atoms with Crippen molar-refractivity contribution in [3.05, 3.63) is 29.8 Å². The second-order valence-electron chi connectivity index (χ2n) is 4.46. The molecule has 0 aliphatic carbocycles. The summed E-state index contributed by atoms with van der Waals surface area (Å²) >= 11 is 0. The molecule has 102 valence electrons. The molecule has 0 fully saturated rings. The van der Waals surface area contributed by atoms with E-state index in [1.165, 1.54) is 0 Å². The van der Waals surface area contributed by atoms with Crippen LogP contribution in [0.25, 0.3) is 0 Å². The molecule has 0 saturated carbocycles. The van der Waals surface area contributed by atoms with Crippen LogP contribution < -0.4 is 10.6 Å². The molecule has 6 nitrogen and oxygen atoms in total. The maximum Gasteiger partial charge on any atom is 0.134 e. The van der Waals surface area contributed by atoms with E-state index in [0.717, 1.165) is 35.9 Å². The zero-order chi connectivity index (χ0) is 13.7. The average Bonchev–Trinajstić information content (AvgIpc) is 2.82. The topological polar surface area (TPSA) is 67.7 Å². The summed E-state index contributed by atoms with van der Waals surface area (Å²) in [6, 6.07) is 1.99. The summed E-state index contributed by atoms with van der Waals surface area (Å²) in [6.45, 7) is 5.71. The van der Waals surface area contributed by atoms with Gasteiger partial charge in [0.2, 0.25) is 0 Å². The monoisotopic (exact) mass is 260 g/mol. The Morgan fingerprint density at radius 1 is 1.21 bits per heavy atom. The SMILES string of the molecule is CCCNc1ncnc(NCc2ccn(C)n2)c1C. The lowest BCUT2D eigenvalue weighted by atomic mass is 10.3. The number of aryl methyl sites for hydroxylation is 1. The van der Waals surface area contributed by atoms with Crippen LogP contribution in [0.5, 0.6) is 0 Å². The van der Waals surface area contributed by atoms with Crippen molar-refractivity contribution >= 4 is 11.6 Å². The second-order valence-corrected chi connectivity index (χ2v) is 4.46. The van der Waals surface area contributed by atoms with Crippen LogP contribution >= 0.6 is 0 Å². The molecular weight excluding hydrogens is 240 g/mol. The van der Waals surface area contributed by atoms with Crippen molar-refractivity contribution in [2.45, 2.75) is 26.8 Å². The van der Waals surface area contributed by atoms with Crippen molar-refractivity contribution in [2.75, 3.05) is 17.2 Å². The second kappa shape index (κ2) is 6.17. The maximum absolute atomic E-state index is 4.32. The summed E-state index contributed by atoms with van der Waals surface area (Å²) in [6.07, 6.45) is 4.57. The number of rotatable bonds is 6. The molecule has 2 heterocycles. The summed E-state index contributed by atoms with van der Waals surface area (Å²) in [5.74, 6) is 1.74. The van der Waals surface area contributed by atoms with Gasteiger partial charge in [-0.2, -0.15) is 5.10 Å². The molecule has 0 saturated heterocycles. The van der Waals surface area contributed by atoms with E-state index in [0.29, 0.717) is 6.54 Å². The van der Waals surface area contributed by atoms with Gasteiger partial charge in [-0.15, -0.1) is 0 Å². The van der Waals surface area contributed by atoms with Gasteiger partial charge in [-0.05, 0) is 19.4 Å². The van der Waals surface area contributed by atoms with Crippen LogP contribution in [0.4, 0.5) is 11.6 Å². The number of nitrogens with one attached hydrogen (secondary N) is 2. The van der Waals surface area contributed by atoms with Crippen LogP contribution in [0.15, 0.2) is 18.6 Å². The predicted octanol–water partition coefficient (Wildman–Crippen LogP) is 1.95. The van der Waals surface area contributed by atoms with Crippen molar-refractivity contribution in [3.63, 3.8) is 0 Å². The Balaban J connectivity index is 2.03. The van der Waals surface area contributed by atoms with Crippen LogP contribution in [0, 0.1) is 6.92 Å². The van der Waals surface area contributed by atoms with E-state index < -0.39 is 0 Å². The lowest BCUT2D eigenvalue weighted by Gasteiger charge is -2.11. The van der Waals surface area contributed by atoms with E-state index in [1.807, 2.05) is 26.2 Å². The molecule has 2 aromatic rings. The minimum atomic E-state index is 0.659. The Morgan fingerprint density at radius 3 is 2.58 bits per heavy atom. The summed E-state index contributed by atoms with van der Waals surface area (Å²) in [5.41, 5.74) is 2.02. The van der Waals surface area contributed by atoms with Crippen molar-refractivity contribution in [1.29, 1.82) is 0 Å². The Morgan fingerprint density at radius 2 is 1.95 bits per heavy atom. The summed E-state index contributed by atoms with van der Waals surface area (Å²) in [4.78, 5) is 8.53. The van der Waals surface area contributed by atoms with Gasteiger partial charge < -0.3 is 10.6 Å². The van der Waals surface area contributed by atoms with Crippen LogP contribution in [-0.4, -0.2) is 26.3 Å². The Labute approximate surface area is 113 Å². The van der Waals surface area contributed by atoms with Crippen LogP contribution in [0.3, 0.4) is 0 Å². The molecule has 6 heteroatoms. The molecule has 2 aromatic heterocycles. The first-order chi connectivity index (χ1) is 9.20. The number of aromatic nitrogens is 4. The Kier molecular flexibility index (Phi) is 4.33. The third-order valence-electron chi connectivity index (χ3n) is 2.83. The fourth-order valence-corrected chi connectivity index (χ4v) is 1.78. The number of hydrogen-bond acceptors (Lipinski definition) is 5. The Hall–Kier alpha value is -2.11. The fraction of sp³-hybridized carbons (Fsp3) is 0.462. The van der Waals surface area contributed by atoms with Crippen molar-refractivity contribution in [1.82, 2.24) is 19.7 Å². The molecule has 2 rings (SSSR count). The first-order valence-electron chi connectivity index (χ1n) is 6.48. The van der Waals surface area contributed by atoms with E-state index in [4.69, 9.17) is 0 Å². The smallest absolute Gasteiger partial charge is 0.134 e. The number of anilines is 2. The molecule has 0 radical (unpaired) electrons. The number of nitrogens with zero attached hydrogens (tertiary/aromatic N) is 4. The molecule has 2 N–H and O–H groups in total. The normalized spacial score (nSPS) is 10.5. The van der Waals surface area contributed by atoms with Crippen molar-refractivity contribution < 1.29 is 0 Å². The van der Waals surface area contributed by atoms with Gasteiger partial charge in [0, 0.05) is 25.4 Å². The molecule has 19 heavy (non-hydrogen) atoms. The first kappa shape index (κ1) is 13.3. The minimum Gasteiger partial charge on any atom is -0.370 e. The van der Waals surface area contributed by atoms with Crippen LogP contribution in [0.1, 0.15) is 24.6 Å². The summed E-state index contributed by atoms with van der Waals surface area (Å²) in [7, 11) is 1.91. The van der Waals surface area contributed by atoms with Gasteiger partial charge in [0.15, 0.2) is 0 Å².